The number of benzene rings is 5. The lowest BCUT2D eigenvalue weighted by molar-refractivity contribution is 0.506. The summed E-state index contributed by atoms with van der Waals surface area (Å²) in [5.41, 5.74) is 8.74. The van der Waals surface area contributed by atoms with Crippen LogP contribution in [0.3, 0.4) is 0 Å². The molecule has 0 fully saturated rings. The molecule has 5 rings (SSSR count). The van der Waals surface area contributed by atoms with Crippen LogP contribution in [0.1, 0.15) is 80.3 Å². The van der Waals surface area contributed by atoms with Gasteiger partial charge in [0.05, 0.1) is 0 Å². The first kappa shape index (κ1) is 27.6. The van der Waals surface area contributed by atoms with Crippen LogP contribution in [0, 0.1) is 13.8 Å². The molecule has 0 N–H and O–H groups in total. The van der Waals surface area contributed by atoms with Gasteiger partial charge in [-0.3, -0.25) is 0 Å². The van der Waals surface area contributed by atoms with Crippen molar-refractivity contribution >= 4 is 21.5 Å². The number of hydrogen-bond acceptors (Lipinski definition) is 0. The van der Waals surface area contributed by atoms with Crippen molar-refractivity contribution in [1.82, 2.24) is 0 Å². The molecule has 0 aliphatic heterocycles. The first-order valence-corrected chi connectivity index (χ1v) is 13.9. The highest BCUT2D eigenvalue weighted by Crippen LogP contribution is 2.36. The maximum Gasteiger partial charge on any atom is -0.0106 e. The second kappa shape index (κ2) is 11.6. The lowest BCUT2D eigenvalue weighted by Gasteiger charge is -2.24. The van der Waals surface area contributed by atoms with Crippen LogP contribution in [0.2, 0.25) is 0 Å². The molecular formula is C38H44. The Labute approximate surface area is 230 Å². The van der Waals surface area contributed by atoms with Gasteiger partial charge in [-0.25, -0.2) is 0 Å². The number of hydrogen-bond donors (Lipinski definition) is 0. The van der Waals surface area contributed by atoms with Gasteiger partial charge in [0.15, 0.2) is 0 Å². The fraction of sp³-hybridized carbons (Fsp3) is 0.316. The van der Waals surface area contributed by atoms with Crippen molar-refractivity contribution < 1.29 is 0 Å². The van der Waals surface area contributed by atoms with Crippen LogP contribution in [0.4, 0.5) is 0 Å². The highest BCUT2D eigenvalue weighted by Gasteiger charge is 2.19. The normalized spacial score (nSPS) is 12.4. The van der Waals surface area contributed by atoms with E-state index in [1.54, 1.807) is 0 Å². The summed E-state index contributed by atoms with van der Waals surface area (Å²) in [6, 6.07) is 36.6. The second-order valence-electron chi connectivity index (χ2n) is 11.5. The molecule has 0 bridgehead atoms. The predicted octanol–water partition coefficient (Wildman–Crippen LogP) is 10.9. The third-order valence-corrected chi connectivity index (χ3v) is 8.71. The van der Waals surface area contributed by atoms with Crippen molar-refractivity contribution in [3.05, 3.63) is 130 Å². The van der Waals surface area contributed by atoms with Gasteiger partial charge in [-0.05, 0) is 100 Å². The minimum atomic E-state index is 0. The molecule has 0 aliphatic carbocycles. The average molecular weight is 501 g/mol. The van der Waals surface area contributed by atoms with Gasteiger partial charge in [-0.15, -0.1) is 0 Å². The van der Waals surface area contributed by atoms with Crippen LogP contribution < -0.4 is 0 Å². The number of rotatable bonds is 8. The lowest BCUT2D eigenvalue weighted by atomic mass is 9.81. The molecule has 5 aromatic rings. The molecule has 0 heterocycles. The zero-order valence-electron chi connectivity index (χ0n) is 23.1. The molecule has 1 atom stereocenters. The lowest BCUT2D eigenvalue weighted by Crippen LogP contribution is -2.15. The van der Waals surface area contributed by atoms with Crippen LogP contribution in [-0.2, 0) is 18.3 Å². The van der Waals surface area contributed by atoms with Gasteiger partial charge in [-0.1, -0.05) is 131 Å². The zero-order chi connectivity index (χ0) is 26.0. The summed E-state index contributed by atoms with van der Waals surface area (Å²) in [5.74, 6) is 0.476. The quantitative estimate of drug-likeness (QED) is 0.186. The highest BCUT2D eigenvalue weighted by atomic mass is 14.2. The van der Waals surface area contributed by atoms with E-state index in [-0.39, 0.29) is 12.8 Å². The summed E-state index contributed by atoms with van der Waals surface area (Å²) in [4.78, 5) is 0. The molecule has 196 valence electrons. The first-order chi connectivity index (χ1) is 17.9. The maximum atomic E-state index is 2.37. The predicted molar refractivity (Wildman–Crippen MR) is 169 cm³/mol. The number of aryl methyl sites for hydroxylation is 3. The number of fused-ring (bicyclic) bond motifs is 2. The van der Waals surface area contributed by atoms with Crippen molar-refractivity contribution in [2.24, 2.45) is 0 Å². The van der Waals surface area contributed by atoms with Crippen molar-refractivity contribution in [2.45, 2.75) is 79.1 Å². The average Bonchev–Trinajstić information content (AvgIpc) is 2.93. The van der Waals surface area contributed by atoms with Gasteiger partial charge < -0.3 is 0 Å². The molecule has 0 aliphatic rings. The Morgan fingerprint density at radius 1 is 0.658 bits per heavy atom. The van der Waals surface area contributed by atoms with Crippen LogP contribution in [0.5, 0.6) is 0 Å². The molecule has 0 heteroatoms. The SMILES string of the molecule is C.CCC(C)(C)c1ccc(CC(CCc2c3ccccc3c(C)c3ccccc23)c2ccc(C)cc2)cc1. The van der Waals surface area contributed by atoms with Gasteiger partial charge >= 0.3 is 0 Å². The van der Waals surface area contributed by atoms with Crippen LogP contribution >= 0.6 is 0 Å². The van der Waals surface area contributed by atoms with Gasteiger partial charge in [0.2, 0.25) is 0 Å². The minimum absolute atomic E-state index is 0. The van der Waals surface area contributed by atoms with E-state index in [1.807, 2.05) is 0 Å². The van der Waals surface area contributed by atoms with Gasteiger partial charge in [0.25, 0.3) is 0 Å². The second-order valence-corrected chi connectivity index (χ2v) is 11.5. The topological polar surface area (TPSA) is 0 Å². The molecule has 0 spiro atoms. The fourth-order valence-corrected chi connectivity index (χ4v) is 5.83. The minimum Gasteiger partial charge on any atom is -0.0776 e. The van der Waals surface area contributed by atoms with E-state index < -0.39 is 0 Å². The van der Waals surface area contributed by atoms with E-state index in [9.17, 15) is 0 Å². The van der Waals surface area contributed by atoms with E-state index in [1.165, 1.54) is 54.9 Å². The molecule has 0 nitrogen and oxygen atoms in total. The zero-order valence-corrected chi connectivity index (χ0v) is 23.1. The first-order valence-electron chi connectivity index (χ1n) is 13.9. The van der Waals surface area contributed by atoms with Crippen molar-refractivity contribution in [1.29, 1.82) is 0 Å². The molecule has 0 aromatic heterocycles. The fourth-order valence-electron chi connectivity index (χ4n) is 5.83. The van der Waals surface area contributed by atoms with E-state index in [0.717, 1.165) is 25.7 Å². The van der Waals surface area contributed by atoms with Gasteiger partial charge in [0, 0.05) is 0 Å². The standard InChI is InChI=1S/C37H40.CH4/c1-6-37(4,5)31-22-17-28(18-23-31)25-30(29-19-15-26(2)16-20-29)21-24-36-34-13-9-7-11-32(34)27(3)33-12-8-10-14-35(33)36;/h7-20,22-23,30H,6,21,24-25H2,1-5H3;1H4. The molecule has 0 saturated carbocycles. The molecule has 0 saturated heterocycles. The van der Waals surface area contributed by atoms with Crippen molar-refractivity contribution in [2.75, 3.05) is 0 Å². The Kier molecular flexibility index (Phi) is 8.41. The van der Waals surface area contributed by atoms with Crippen molar-refractivity contribution in [3.8, 4) is 0 Å². The molecule has 5 aromatic carbocycles. The Balaban J connectivity index is 0.00000336. The largest absolute Gasteiger partial charge is 0.0776 e. The summed E-state index contributed by atoms with van der Waals surface area (Å²) in [6.07, 6.45) is 4.41. The van der Waals surface area contributed by atoms with Crippen molar-refractivity contribution in [3.63, 3.8) is 0 Å². The Morgan fingerprint density at radius 2 is 1.18 bits per heavy atom. The van der Waals surface area contributed by atoms with E-state index >= 15 is 0 Å². The summed E-state index contributed by atoms with van der Waals surface area (Å²) in [6.45, 7) is 11.4. The maximum absolute atomic E-state index is 2.37. The molecule has 1 unspecified atom stereocenters. The van der Waals surface area contributed by atoms with E-state index in [4.69, 9.17) is 0 Å². The Bertz CT molecular complexity index is 1440. The summed E-state index contributed by atoms with van der Waals surface area (Å²) in [7, 11) is 0. The van der Waals surface area contributed by atoms with Crippen LogP contribution in [0.25, 0.3) is 21.5 Å². The highest BCUT2D eigenvalue weighted by molar-refractivity contribution is 6.05. The monoisotopic (exact) mass is 500 g/mol. The summed E-state index contributed by atoms with van der Waals surface area (Å²) in [5, 5.41) is 5.59. The molecule has 38 heavy (non-hydrogen) atoms. The third-order valence-electron chi connectivity index (χ3n) is 8.71. The van der Waals surface area contributed by atoms with Gasteiger partial charge in [0.1, 0.15) is 0 Å². The smallest absolute Gasteiger partial charge is 0.0106 e. The van der Waals surface area contributed by atoms with Gasteiger partial charge in [-0.2, -0.15) is 0 Å². The summed E-state index contributed by atoms with van der Waals surface area (Å²) < 4.78 is 0. The van der Waals surface area contributed by atoms with E-state index in [2.05, 4.69) is 132 Å². The Hall–Kier alpha value is -3.38. The summed E-state index contributed by atoms with van der Waals surface area (Å²) >= 11 is 0. The van der Waals surface area contributed by atoms with Crippen LogP contribution in [-0.4, -0.2) is 0 Å². The van der Waals surface area contributed by atoms with Crippen LogP contribution in [0.15, 0.2) is 97.1 Å². The Morgan fingerprint density at radius 3 is 1.71 bits per heavy atom. The molecule has 0 radical (unpaired) electrons. The molecular weight excluding hydrogens is 456 g/mol. The molecule has 0 amide bonds. The third kappa shape index (κ3) is 5.56. The van der Waals surface area contributed by atoms with E-state index in [0.29, 0.717) is 5.92 Å².